The van der Waals surface area contributed by atoms with Crippen molar-refractivity contribution in [3.63, 3.8) is 0 Å². The van der Waals surface area contributed by atoms with E-state index < -0.39 is 0 Å². The lowest BCUT2D eigenvalue weighted by Crippen LogP contribution is -2.40. The number of aromatic nitrogens is 1. The van der Waals surface area contributed by atoms with E-state index in [1.54, 1.807) is 22.3 Å². The summed E-state index contributed by atoms with van der Waals surface area (Å²) in [5, 5.41) is 1.45. The first-order chi connectivity index (χ1) is 27.6. The van der Waals surface area contributed by atoms with E-state index in [0.29, 0.717) is 17.9 Å². The van der Waals surface area contributed by atoms with Gasteiger partial charge in [-0.2, -0.15) is 0 Å². The molecule has 0 N–H and O–H groups in total. The van der Waals surface area contributed by atoms with Gasteiger partial charge in [0.2, 0.25) is 0 Å². The van der Waals surface area contributed by atoms with Gasteiger partial charge < -0.3 is 9.47 Å². The number of benzene rings is 3. The number of hydrogen-bond donors (Lipinski definition) is 0. The molecule has 0 spiro atoms. The number of para-hydroxylation sites is 1. The van der Waals surface area contributed by atoms with Crippen molar-refractivity contribution in [1.82, 2.24) is 4.57 Å². The fourth-order valence-electron chi connectivity index (χ4n) is 12.9. The van der Waals surface area contributed by atoms with Crippen molar-refractivity contribution < 1.29 is 0 Å². The quantitative estimate of drug-likeness (QED) is 0.185. The number of hydrogen-bond acceptors (Lipinski definition) is 1. The van der Waals surface area contributed by atoms with Crippen molar-refractivity contribution in [2.24, 2.45) is 22.7 Å². The standard InChI is InChI=1S/C55H60N2/c1-53(2)47-20-12-9-17-41(47)43-29-27-39(33-49(43)53)56(40-28-30-44-42-18-10-13-21-48(42)54(3,4)50(44)34-40)38-25-23-36(24-26-38)55(5)32-31-52-46(35-55)45-19-11-14-22-51(45)57(52)37-15-7-6-8-16-37/h9,11-12,14-15,17,19-20,22-23,25,27-33,36,38,50H,6-8,10,13,16,18,21,24,26,34-35H2,1-5H3. The molecule has 7 aliphatic rings. The summed E-state index contributed by atoms with van der Waals surface area (Å²) >= 11 is 0. The molecule has 0 fully saturated rings. The number of nitrogens with zero attached hydrogens (tertiary/aromatic N) is 2. The Labute approximate surface area is 341 Å². The van der Waals surface area contributed by atoms with Gasteiger partial charge in [-0.15, -0.1) is 0 Å². The first-order valence-electron chi connectivity index (χ1n) is 22.5. The smallest absolute Gasteiger partial charge is 0.0534 e. The van der Waals surface area contributed by atoms with Gasteiger partial charge in [-0.1, -0.05) is 119 Å². The van der Waals surface area contributed by atoms with Gasteiger partial charge in [-0.25, -0.2) is 0 Å². The molecule has 290 valence electrons. The van der Waals surface area contributed by atoms with Crippen molar-refractivity contribution in [1.29, 1.82) is 0 Å². The summed E-state index contributed by atoms with van der Waals surface area (Å²) in [5.74, 6) is 1.06. The highest BCUT2D eigenvalue weighted by atomic mass is 15.2. The molecule has 2 nitrogen and oxygen atoms in total. The third-order valence-electron chi connectivity index (χ3n) is 16.1. The summed E-state index contributed by atoms with van der Waals surface area (Å²) in [7, 11) is 0. The highest BCUT2D eigenvalue weighted by Gasteiger charge is 2.47. The largest absolute Gasteiger partial charge is 0.338 e. The van der Waals surface area contributed by atoms with Gasteiger partial charge >= 0.3 is 0 Å². The predicted molar refractivity (Wildman–Crippen MR) is 241 cm³/mol. The monoisotopic (exact) mass is 748 g/mol. The van der Waals surface area contributed by atoms with E-state index >= 15 is 0 Å². The van der Waals surface area contributed by atoms with Gasteiger partial charge in [0.15, 0.2) is 0 Å². The molecule has 0 amide bonds. The zero-order chi connectivity index (χ0) is 38.7. The molecule has 11 rings (SSSR count). The molecule has 1 heterocycles. The van der Waals surface area contributed by atoms with Gasteiger partial charge in [0.05, 0.1) is 11.6 Å². The molecular weight excluding hydrogens is 689 g/mol. The van der Waals surface area contributed by atoms with Crippen LogP contribution in [0.25, 0.3) is 33.8 Å². The fraction of sp³-hybridized carbons (Fsp3) is 0.418. The summed E-state index contributed by atoms with van der Waals surface area (Å²) in [6.07, 6.45) is 32.7. The molecule has 2 heteroatoms. The van der Waals surface area contributed by atoms with Crippen LogP contribution < -0.4 is 4.90 Å². The van der Waals surface area contributed by atoms with Crippen LogP contribution >= 0.6 is 0 Å². The Morgan fingerprint density at radius 1 is 0.754 bits per heavy atom. The normalized spacial score (nSPS) is 27.9. The second-order valence-electron chi connectivity index (χ2n) is 20.0. The zero-order valence-electron chi connectivity index (χ0n) is 35.0. The lowest BCUT2D eigenvalue weighted by Gasteiger charge is -2.43. The van der Waals surface area contributed by atoms with Gasteiger partial charge in [0.1, 0.15) is 0 Å². The molecule has 3 aromatic carbocycles. The Balaban J connectivity index is 0.954. The van der Waals surface area contributed by atoms with E-state index in [2.05, 4.69) is 153 Å². The molecule has 0 saturated heterocycles. The molecule has 7 aliphatic carbocycles. The van der Waals surface area contributed by atoms with Gasteiger partial charge in [0, 0.05) is 33.6 Å². The Morgan fingerprint density at radius 2 is 1.56 bits per heavy atom. The van der Waals surface area contributed by atoms with Crippen LogP contribution in [0.3, 0.4) is 0 Å². The topological polar surface area (TPSA) is 8.17 Å². The molecule has 0 radical (unpaired) electrons. The van der Waals surface area contributed by atoms with Crippen molar-refractivity contribution in [2.45, 2.75) is 123 Å². The third-order valence-corrected chi connectivity index (χ3v) is 16.1. The number of fused-ring (bicyclic) bond motifs is 8. The molecule has 0 saturated carbocycles. The molecule has 4 unspecified atom stereocenters. The van der Waals surface area contributed by atoms with Crippen LogP contribution in [0, 0.1) is 22.7 Å². The minimum Gasteiger partial charge on any atom is -0.338 e. The minimum absolute atomic E-state index is 0.0249. The maximum absolute atomic E-state index is 2.79. The lowest BCUT2D eigenvalue weighted by molar-refractivity contribution is 0.271. The maximum atomic E-state index is 2.79. The Morgan fingerprint density at radius 3 is 2.40 bits per heavy atom. The summed E-state index contributed by atoms with van der Waals surface area (Å²) in [6.45, 7) is 12.5. The highest BCUT2D eigenvalue weighted by molar-refractivity contribution is 5.92. The van der Waals surface area contributed by atoms with E-state index in [4.69, 9.17) is 0 Å². The average Bonchev–Trinajstić information content (AvgIpc) is 3.78. The second-order valence-corrected chi connectivity index (χ2v) is 20.0. The van der Waals surface area contributed by atoms with Crippen LogP contribution in [-0.2, 0) is 11.8 Å². The Kier molecular flexibility index (Phi) is 8.10. The van der Waals surface area contributed by atoms with E-state index in [1.807, 2.05) is 0 Å². The molecule has 4 aromatic rings. The summed E-state index contributed by atoms with van der Waals surface area (Å²) in [4.78, 5) is 2.79. The highest BCUT2D eigenvalue weighted by Crippen LogP contribution is 2.59. The van der Waals surface area contributed by atoms with Gasteiger partial charge in [-0.05, 0) is 169 Å². The van der Waals surface area contributed by atoms with Crippen molar-refractivity contribution in [3.05, 3.63) is 148 Å². The van der Waals surface area contributed by atoms with E-state index in [-0.39, 0.29) is 16.2 Å². The average molecular weight is 749 g/mol. The van der Waals surface area contributed by atoms with E-state index in [0.717, 1.165) is 19.3 Å². The number of allylic oxidation sites excluding steroid dienone is 10. The van der Waals surface area contributed by atoms with Crippen molar-refractivity contribution in [3.8, 4) is 11.1 Å². The Hall–Kier alpha value is -4.56. The predicted octanol–water partition coefficient (Wildman–Crippen LogP) is 14.5. The van der Waals surface area contributed by atoms with Gasteiger partial charge in [-0.3, -0.25) is 0 Å². The first-order valence-corrected chi connectivity index (χ1v) is 22.5. The third kappa shape index (κ3) is 5.34. The summed E-state index contributed by atoms with van der Waals surface area (Å²) in [6, 6.07) is 26.1. The van der Waals surface area contributed by atoms with Crippen LogP contribution in [0.2, 0.25) is 0 Å². The van der Waals surface area contributed by atoms with Crippen LogP contribution in [0.5, 0.6) is 0 Å². The van der Waals surface area contributed by atoms with Crippen LogP contribution in [0.4, 0.5) is 5.69 Å². The van der Waals surface area contributed by atoms with Crippen LogP contribution in [-0.4, -0.2) is 10.6 Å². The molecule has 4 atom stereocenters. The molecule has 0 bridgehead atoms. The van der Waals surface area contributed by atoms with E-state index in [1.165, 1.54) is 114 Å². The molecule has 0 aliphatic heterocycles. The minimum atomic E-state index is -0.0249. The summed E-state index contributed by atoms with van der Waals surface area (Å²) < 4.78 is 2.61. The summed E-state index contributed by atoms with van der Waals surface area (Å²) in [5.41, 5.74) is 19.9. The Bertz CT molecular complexity index is 2520. The second kappa shape index (κ2) is 13.0. The molecule has 57 heavy (non-hydrogen) atoms. The zero-order valence-corrected chi connectivity index (χ0v) is 35.0. The van der Waals surface area contributed by atoms with Crippen LogP contribution in [0.1, 0.15) is 128 Å². The SMILES string of the molecule is CC1(C)c2ccccc2-c2ccc(N(C3=CC=C4C5=C(CCCC5)C(C)(C)C4C3)C3C=CC(C4(C)C=Cc5c(c6ccccc6n5C5=CCCCC5)C4)CC3)cc21. The number of rotatable bonds is 5. The number of anilines is 1. The van der Waals surface area contributed by atoms with Crippen LogP contribution in [0.15, 0.2) is 126 Å². The van der Waals surface area contributed by atoms with E-state index in [9.17, 15) is 0 Å². The molecular formula is C55H60N2. The van der Waals surface area contributed by atoms with Crippen molar-refractivity contribution in [2.75, 3.05) is 4.90 Å². The maximum Gasteiger partial charge on any atom is 0.0534 e. The fourth-order valence-corrected chi connectivity index (χ4v) is 12.9. The lowest BCUT2D eigenvalue weighted by atomic mass is 9.66. The van der Waals surface area contributed by atoms with Crippen molar-refractivity contribution >= 4 is 28.4 Å². The van der Waals surface area contributed by atoms with Gasteiger partial charge in [0.25, 0.3) is 0 Å². The molecule has 1 aromatic heterocycles. The first kappa shape index (κ1) is 35.6.